The SMILES string of the molecule is Cc1cc2occ(CC(=O)OCC(=O)N[C@H]3CCCC[C@@H]3C)c2cc1C. The van der Waals surface area contributed by atoms with Gasteiger partial charge >= 0.3 is 5.97 Å². The van der Waals surface area contributed by atoms with Crippen molar-refractivity contribution in [1.82, 2.24) is 5.32 Å². The zero-order valence-corrected chi connectivity index (χ0v) is 15.8. The lowest BCUT2D eigenvalue weighted by Gasteiger charge is -2.29. The van der Waals surface area contributed by atoms with Gasteiger partial charge in [-0.25, -0.2) is 0 Å². The molecule has 2 aromatic rings. The minimum atomic E-state index is -0.419. The summed E-state index contributed by atoms with van der Waals surface area (Å²) in [5.74, 6) is -0.161. The van der Waals surface area contributed by atoms with E-state index in [1.807, 2.05) is 26.0 Å². The van der Waals surface area contributed by atoms with Crippen LogP contribution in [0.1, 0.15) is 49.3 Å². The van der Waals surface area contributed by atoms with Crippen molar-refractivity contribution in [1.29, 1.82) is 0 Å². The van der Waals surface area contributed by atoms with Crippen molar-refractivity contribution in [3.63, 3.8) is 0 Å². The van der Waals surface area contributed by atoms with Crippen molar-refractivity contribution in [2.75, 3.05) is 6.61 Å². The summed E-state index contributed by atoms with van der Waals surface area (Å²) in [4.78, 5) is 24.2. The topological polar surface area (TPSA) is 68.5 Å². The van der Waals surface area contributed by atoms with E-state index in [9.17, 15) is 9.59 Å². The van der Waals surface area contributed by atoms with E-state index >= 15 is 0 Å². The molecule has 2 atom stereocenters. The molecule has 1 aliphatic rings. The van der Waals surface area contributed by atoms with Crippen LogP contribution in [0.2, 0.25) is 0 Å². The van der Waals surface area contributed by atoms with E-state index in [1.54, 1.807) is 6.26 Å². The van der Waals surface area contributed by atoms with Crippen LogP contribution in [-0.2, 0) is 20.7 Å². The maximum absolute atomic E-state index is 12.1. The first-order chi connectivity index (χ1) is 12.4. The Labute approximate surface area is 154 Å². The van der Waals surface area contributed by atoms with Crippen LogP contribution in [0.15, 0.2) is 22.8 Å². The maximum atomic E-state index is 12.1. The summed E-state index contributed by atoms with van der Waals surface area (Å²) in [5.41, 5.74) is 3.85. The number of furan rings is 1. The molecule has 5 heteroatoms. The van der Waals surface area contributed by atoms with E-state index < -0.39 is 5.97 Å². The molecule has 1 aromatic carbocycles. The molecule has 1 aliphatic carbocycles. The van der Waals surface area contributed by atoms with Gasteiger partial charge < -0.3 is 14.5 Å². The molecule has 1 aromatic heterocycles. The number of carbonyl (C=O) groups is 2. The Morgan fingerprint density at radius 2 is 1.92 bits per heavy atom. The third-order valence-corrected chi connectivity index (χ3v) is 5.43. The molecular weight excluding hydrogens is 330 g/mol. The molecular formula is C21H27NO4. The molecule has 0 unspecified atom stereocenters. The van der Waals surface area contributed by atoms with Gasteiger partial charge in [0, 0.05) is 17.0 Å². The third-order valence-electron chi connectivity index (χ3n) is 5.43. The lowest BCUT2D eigenvalue weighted by Crippen LogP contribution is -2.42. The molecule has 1 amide bonds. The second-order valence-corrected chi connectivity index (χ2v) is 7.47. The van der Waals surface area contributed by atoms with E-state index in [-0.39, 0.29) is 25.0 Å². The van der Waals surface area contributed by atoms with Crippen LogP contribution in [0.25, 0.3) is 11.0 Å². The largest absolute Gasteiger partial charge is 0.464 e. The number of carbonyl (C=O) groups excluding carboxylic acids is 2. The summed E-state index contributed by atoms with van der Waals surface area (Å²) in [6.45, 7) is 5.98. The summed E-state index contributed by atoms with van der Waals surface area (Å²) in [6.07, 6.45) is 6.19. The van der Waals surface area contributed by atoms with Crippen molar-refractivity contribution < 1.29 is 18.7 Å². The van der Waals surface area contributed by atoms with Gasteiger partial charge in [0.2, 0.25) is 0 Å². The maximum Gasteiger partial charge on any atom is 0.310 e. The summed E-state index contributed by atoms with van der Waals surface area (Å²) in [5, 5.41) is 3.91. The average Bonchev–Trinajstić information content (AvgIpc) is 2.97. The Kier molecular flexibility index (Phi) is 5.64. The highest BCUT2D eigenvalue weighted by molar-refractivity contribution is 5.87. The van der Waals surface area contributed by atoms with Crippen LogP contribution in [0.5, 0.6) is 0 Å². The zero-order chi connectivity index (χ0) is 18.7. The first-order valence-corrected chi connectivity index (χ1v) is 9.36. The highest BCUT2D eigenvalue weighted by atomic mass is 16.5. The fourth-order valence-corrected chi connectivity index (χ4v) is 3.60. The fourth-order valence-electron chi connectivity index (χ4n) is 3.60. The minimum Gasteiger partial charge on any atom is -0.464 e. The summed E-state index contributed by atoms with van der Waals surface area (Å²) >= 11 is 0. The van der Waals surface area contributed by atoms with Gasteiger partial charge in [0.1, 0.15) is 5.58 Å². The van der Waals surface area contributed by atoms with E-state index in [4.69, 9.17) is 9.15 Å². The molecule has 1 heterocycles. The smallest absolute Gasteiger partial charge is 0.310 e. The summed E-state index contributed by atoms with van der Waals surface area (Å²) in [6, 6.07) is 4.19. The number of amides is 1. The second kappa shape index (κ2) is 7.94. The fraction of sp³-hybridized carbons (Fsp3) is 0.524. The molecule has 0 radical (unpaired) electrons. The molecule has 0 bridgehead atoms. The first kappa shape index (κ1) is 18.5. The first-order valence-electron chi connectivity index (χ1n) is 9.36. The molecule has 1 saturated carbocycles. The third kappa shape index (κ3) is 4.26. The predicted octanol–water partition coefficient (Wildman–Crippen LogP) is 3.83. The van der Waals surface area contributed by atoms with Gasteiger partial charge in [-0.3, -0.25) is 9.59 Å². The lowest BCUT2D eigenvalue weighted by atomic mass is 9.86. The molecule has 1 fully saturated rings. The van der Waals surface area contributed by atoms with Crippen molar-refractivity contribution >= 4 is 22.8 Å². The van der Waals surface area contributed by atoms with Gasteiger partial charge in [-0.2, -0.15) is 0 Å². The van der Waals surface area contributed by atoms with Crippen molar-refractivity contribution in [2.24, 2.45) is 5.92 Å². The van der Waals surface area contributed by atoms with Gasteiger partial charge in [0.15, 0.2) is 6.61 Å². The van der Waals surface area contributed by atoms with Crippen LogP contribution in [0.4, 0.5) is 0 Å². The molecule has 1 N–H and O–H groups in total. The number of esters is 1. The van der Waals surface area contributed by atoms with Crippen molar-refractivity contribution in [3.8, 4) is 0 Å². The van der Waals surface area contributed by atoms with Crippen LogP contribution < -0.4 is 5.32 Å². The minimum absolute atomic E-state index is 0.0998. The second-order valence-electron chi connectivity index (χ2n) is 7.47. The average molecular weight is 357 g/mol. The normalized spacial score (nSPS) is 20.1. The van der Waals surface area contributed by atoms with E-state index in [0.717, 1.165) is 46.9 Å². The number of benzene rings is 1. The molecule has 140 valence electrons. The number of ether oxygens (including phenoxy) is 1. The van der Waals surface area contributed by atoms with Gasteiger partial charge in [0.05, 0.1) is 12.7 Å². The predicted molar refractivity (Wildman–Crippen MR) is 99.9 cm³/mol. The Hall–Kier alpha value is -2.30. The van der Waals surface area contributed by atoms with Gasteiger partial charge in [-0.15, -0.1) is 0 Å². The van der Waals surface area contributed by atoms with Crippen LogP contribution in [0.3, 0.4) is 0 Å². The number of hydrogen-bond acceptors (Lipinski definition) is 4. The van der Waals surface area contributed by atoms with Crippen molar-refractivity contribution in [2.45, 2.75) is 58.9 Å². The molecule has 5 nitrogen and oxygen atoms in total. The van der Waals surface area contributed by atoms with Crippen LogP contribution >= 0.6 is 0 Å². The summed E-state index contributed by atoms with van der Waals surface area (Å²) in [7, 11) is 0. The zero-order valence-electron chi connectivity index (χ0n) is 15.8. The van der Waals surface area contributed by atoms with Crippen molar-refractivity contribution in [3.05, 3.63) is 35.1 Å². The van der Waals surface area contributed by atoms with E-state index in [1.165, 1.54) is 6.42 Å². The highest BCUT2D eigenvalue weighted by Crippen LogP contribution is 2.25. The quantitative estimate of drug-likeness (QED) is 0.826. The molecule has 0 aliphatic heterocycles. The number of fused-ring (bicyclic) bond motifs is 1. The Morgan fingerprint density at radius 3 is 2.69 bits per heavy atom. The molecule has 0 saturated heterocycles. The van der Waals surface area contributed by atoms with E-state index in [2.05, 4.69) is 12.2 Å². The summed E-state index contributed by atoms with van der Waals surface area (Å²) < 4.78 is 10.7. The lowest BCUT2D eigenvalue weighted by molar-refractivity contribution is -0.148. The van der Waals surface area contributed by atoms with Gasteiger partial charge in [0.25, 0.3) is 5.91 Å². The van der Waals surface area contributed by atoms with Crippen LogP contribution in [-0.4, -0.2) is 24.5 Å². The standard InChI is InChI=1S/C21H27NO4/c1-13-6-4-5-7-18(13)22-20(23)12-26-21(24)10-16-11-25-19-9-15(3)14(2)8-17(16)19/h8-9,11,13,18H,4-7,10,12H2,1-3H3,(H,22,23)/t13-,18-/m0/s1. The molecule has 3 rings (SSSR count). The Morgan fingerprint density at radius 1 is 1.19 bits per heavy atom. The van der Waals surface area contributed by atoms with E-state index in [0.29, 0.717) is 5.92 Å². The molecule has 0 spiro atoms. The molecule has 26 heavy (non-hydrogen) atoms. The Bertz CT molecular complexity index is 808. The number of nitrogens with one attached hydrogen (secondary N) is 1. The Balaban J connectivity index is 1.53. The van der Waals surface area contributed by atoms with Gasteiger partial charge in [-0.05, 0) is 55.9 Å². The highest BCUT2D eigenvalue weighted by Gasteiger charge is 2.23. The number of rotatable bonds is 5. The van der Waals surface area contributed by atoms with Gasteiger partial charge in [-0.1, -0.05) is 19.8 Å². The monoisotopic (exact) mass is 357 g/mol. The number of aryl methyl sites for hydroxylation is 2. The van der Waals surface area contributed by atoms with Crippen LogP contribution in [0, 0.1) is 19.8 Å². The number of hydrogen-bond donors (Lipinski definition) is 1.